The lowest BCUT2D eigenvalue weighted by Crippen LogP contribution is -2.50. The van der Waals surface area contributed by atoms with Gasteiger partial charge < -0.3 is 5.32 Å². The second-order valence-corrected chi connectivity index (χ2v) is 5.18. The van der Waals surface area contributed by atoms with Crippen LogP contribution in [0.1, 0.15) is 12.7 Å². The molecule has 1 aromatic heterocycles. The van der Waals surface area contributed by atoms with Gasteiger partial charge in [0.2, 0.25) is 0 Å². The van der Waals surface area contributed by atoms with Crippen LogP contribution in [0.4, 0.5) is 0 Å². The molecule has 0 aliphatic carbocycles. The third kappa shape index (κ3) is 3.78. The fourth-order valence-corrected chi connectivity index (χ4v) is 2.59. The summed E-state index contributed by atoms with van der Waals surface area (Å²) in [5, 5.41) is 15.5. The van der Waals surface area contributed by atoms with Gasteiger partial charge in [0.1, 0.15) is 0 Å². The normalized spacial score (nSPS) is 19.2. The molecule has 21 heavy (non-hydrogen) atoms. The van der Waals surface area contributed by atoms with Crippen LogP contribution in [0, 0.1) is 0 Å². The molecule has 1 atom stereocenters. The van der Waals surface area contributed by atoms with E-state index < -0.39 is 0 Å². The number of nitrogens with zero attached hydrogens (tertiary/aromatic N) is 5. The lowest BCUT2D eigenvalue weighted by molar-refractivity contribution is 0.174. The van der Waals surface area contributed by atoms with E-state index in [0.29, 0.717) is 6.04 Å². The minimum atomic E-state index is 0. The zero-order valence-corrected chi connectivity index (χ0v) is 13.0. The lowest BCUT2D eigenvalue weighted by atomic mass is 10.2. The first-order valence-corrected chi connectivity index (χ1v) is 7.12. The third-order valence-electron chi connectivity index (χ3n) is 3.80. The number of piperazine rings is 1. The number of hydrogen-bond acceptors (Lipinski definition) is 5. The van der Waals surface area contributed by atoms with Gasteiger partial charge in [0.25, 0.3) is 0 Å². The molecule has 1 aliphatic rings. The van der Waals surface area contributed by atoms with Crippen molar-refractivity contribution in [2.24, 2.45) is 0 Å². The van der Waals surface area contributed by atoms with Crippen LogP contribution in [-0.2, 0) is 6.42 Å². The van der Waals surface area contributed by atoms with Crippen molar-refractivity contribution in [3.05, 3.63) is 36.2 Å². The van der Waals surface area contributed by atoms with Crippen LogP contribution in [-0.4, -0.2) is 57.3 Å². The molecule has 3 rings (SSSR count). The lowest BCUT2D eigenvalue weighted by Gasteiger charge is -2.33. The van der Waals surface area contributed by atoms with E-state index in [9.17, 15) is 0 Å². The van der Waals surface area contributed by atoms with Crippen LogP contribution in [0.5, 0.6) is 0 Å². The van der Waals surface area contributed by atoms with E-state index in [1.54, 1.807) is 0 Å². The molecule has 6 nitrogen and oxygen atoms in total. The van der Waals surface area contributed by atoms with E-state index in [0.717, 1.165) is 44.1 Å². The fraction of sp³-hybridized carbons (Fsp3) is 0.500. The Morgan fingerprint density at radius 2 is 2.10 bits per heavy atom. The summed E-state index contributed by atoms with van der Waals surface area (Å²) < 4.78 is 1.83. The minimum Gasteiger partial charge on any atom is -0.314 e. The van der Waals surface area contributed by atoms with Gasteiger partial charge in [0.05, 0.1) is 5.69 Å². The van der Waals surface area contributed by atoms with Gasteiger partial charge in [-0.2, -0.15) is 4.68 Å². The minimum absolute atomic E-state index is 0. The largest absolute Gasteiger partial charge is 0.314 e. The van der Waals surface area contributed by atoms with Gasteiger partial charge in [-0.05, 0) is 29.5 Å². The van der Waals surface area contributed by atoms with E-state index in [1.165, 1.54) is 0 Å². The standard InChI is InChI=1S/C14H20N6.ClH/c1-12-11-15-8-10-19(12)9-7-14-16-17-18-20(14)13-5-3-2-4-6-13;/h2-6,12,15H,7-11H2,1H3;1H/t12-;/m1./s1. The maximum absolute atomic E-state index is 4.16. The monoisotopic (exact) mass is 308 g/mol. The smallest absolute Gasteiger partial charge is 0.157 e. The zero-order valence-electron chi connectivity index (χ0n) is 12.1. The molecule has 1 N–H and O–H groups in total. The van der Waals surface area contributed by atoms with Gasteiger partial charge in [0.15, 0.2) is 5.82 Å². The first-order chi connectivity index (χ1) is 9.84. The first-order valence-electron chi connectivity index (χ1n) is 7.12. The highest BCUT2D eigenvalue weighted by Crippen LogP contribution is 2.09. The Hall–Kier alpha value is -1.50. The van der Waals surface area contributed by atoms with Crippen molar-refractivity contribution in [2.75, 3.05) is 26.2 Å². The van der Waals surface area contributed by atoms with Crippen molar-refractivity contribution in [1.29, 1.82) is 0 Å². The zero-order chi connectivity index (χ0) is 13.8. The van der Waals surface area contributed by atoms with E-state index in [2.05, 4.69) is 32.7 Å². The molecule has 114 valence electrons. The first kappa shape index (κ1) is 15.9. The number of benzene rings is 1. The number of halogens is 1. The number of para-hydroxylation sites is 1. The molecular formula is C14H21ClN6. The van der Waals surface area contributed by atoms with Gasteiger partial charge in [0, 0.05) is 38.6 Å². The Morgan fingerprint density at radius 1 is 1.29 bits per heavy atom. The van der Waals surface area contributed by atoms with Crippen LogP contribution < -0.4 is 5.32 Å². The summed E-state index contributed by atoms with van der Waals surface area (Å²) in [4.78, 5) is 2.49. The molecule has 2 heterocycles. The summed E-state index contributed by atoms with van der Waals surface area (Å²) in [5.74, 6) is 0.918. The van der Waals surface area contributed by atoms with Gasteiger partial charge in [-0.1, -0.05) is 18.2 Å². The van der Waals surface area contributed by atoms with Crippen molar-refractivity contribution >= 4 is 12.4 Å². The van der Waals surface area contributed by atoms with Crippen LogP contribution >= 0.6 is 12.4 Å². The molecule has 0 saturated carbocycles. The molecule has 0 radical (unpaired) electrons. The highest BCUT2D eigenvalue weighted by molar-refractivity contribution is 5.85. The maximum Gasteiger partial charge on any atom is 0.157 e. The SMILES string of the molecule is C[C@@H]1CNCCN1CCc1nnnn1-c1ccccc1.Cl. The molecule has 1 saturated heterocycles. The number of tetrazole rings is 1. The summed E-state index contributed by atoms with van der Waals surface area (Å²) in [7, 11) is 0. The quantitative estimate of drug-likeness (QED) is 0.910. The predicted molar refractivity (Wildman–Crippen MR) is 84.0 cm³/mol. The molecule has 1 aliphatic heterocycles. The van der Waals surface area contributed by atoms with Gasteiger partial charge >= 0.3 is 0 Å². The van der Waals surface area contributed by atoms with Crippen molar-refractivity contribution in [1.82, 2.24) is 30.4 Å². The molecule has 1 fully saturated rings. The van der Waals surface area contributed by atoms with Gasteiger partial charge in [-0.25, -0.2) is 0 Å². The summed E-state index contributed by atoms with van der Waals surface area (Å²) >= 11 is 0. The molecule has 7 heteroatoms. The van der Waals surface area contributed by atoms with Crippen molar-refractivity contribution < 1.29 is 0 Å². The Kier molecular flexibility index (Phi) is 5.67. The van der Waals surface area contributed by atoms with E-state index in [4.69, 9.17) is 0 Å². The van der Waals surface area contributed by atoms with Crippen LogP contribution in [0.2, 0.25) is 0 Å². The fourth-order valence-electron chi connectivity index (χ4n) is 2.59. The van der Waals surface area contributed by atoms with E-state index >= 15 is 0 Å². The summed E-state index contributed by atoms with van der Waals surface area (Å²) in [6.07, 6.45) is 0.867. The Balaban J connectivity index is 0.00000161. The topological polar surface area (TPSA) is 58.9 Å². The Bertz CT molecular complexity index is 543. The van der Waals surface area contributed by atoms with E-state index in [-0.39, 0.29) is 12.4 Å². The highest BCUT2D eigenvalue weighted by atomic mass is 35.5. The summed E-state index contributed by atoms with van der Waals surface area (Å²) in [5.41, 5.74) is 1.01. The van der Waals surface area contributed by atoms with Crippen molar-refractivity contribution in [3.8, 4) is 5.69 Å². The maximum atomic E-state index is 4.16. The van der Waals surface area contributed by atoms with Crippen LogP contribution in [0.3, 0.4) is 0 Å². The molecule has 0 bridgehead atoms. The van der Waals surface area contributed by atoms with E-state index in [1.807, 2.05) is 35.0 Å². The van der Waals surface area contributed by atoms with Crippen molar-refractivity contribution in [2.45, 2.75) is 19.4 Å². The number of rotatable bonds is 4. The van der Waals surface area contributed by atoms with Gasteiger partial charge in [-0.15, -0.1) is 17.5 Å². The number of hydrogen-bond donors (Lipinski definition) is 1. The second-order valence-electron chi connectivity index (χ2n) is 5.18. The van der Waals surface area contributed by atoms with Crippen LogP contribution in [0.15, 0.2) is 30.3 Å². The molecule has 0 amide bonds. The average molecular weight is 309 g/mol. The predicted octanol–water partition coefficient (Wildman–Crippen LogP) is 0.920. The molecule has 0 unspecified atom stereocenters. The number of aromatic nitrogens is 4. The second kappa shape index (κ2) is 7.49. The Morgan fingerprint density at radius 3 is 2.86 bits per heavy atom. The molecular weight excluding hydrogens is 288 g/mol. The average Bonchev–Trinajstić information content (AvgIpc) is 2.96. The van der Waals surface area contributed by atoms with Gasteiger partial charge in [-0.3, -0.25) is 4.90 Å². The summed E-state index contributed by atoms with van der Waals surface area (Å²) in [6.45, 7) is 6.47. The third-order valence-corrected chi connectivity index (χ3v) is 3.80. The molecule has 0 spiro atoms. The molecule has 1 aromatic carbocycles. The number of nitrogens with one attached hydrogen (secondary N) is 1. The molecule has 2 aromatic rings. The van der Waals surface area contributed by atoms with Crippen molar-refractivity contribution in [3.63, 3.8) is 0 Å². The summed E-state index contributed by atoms with van der Waals surface area (Å²) in [6, 6.07) is 10.6. The van der Waals surface area contributed by atoms with Crippen LogP contribution in [0.25, 0.3) is 5.69 Å². The Labute approximate surface area is 130 Å². The highest BCUT2D eigenvalue weighted by Gasteiger charge is 2.18.